The summed E-state index contributed by atoms with van der Waals surface area (Å²) in [4.78, 5) is 19.4. The first-order valence-corrected chi connectivity index (χ1v) is 8.47. The van der Waals surface area contributed by atoms with Crippen molar-refractivity contribution in [1.29, 1.82) is 0 Å². The Kier molecular flexibility index (Phi) is 5.78. The first kappa shape index (κ1) is 16.0. The van der Waals surface area contributed by atoms with Gasteiger partial charge in [-0.15, -0.1) is 23.1 Å². The highest BCUT2D eigenvalue weighted by Crippen LogP contribution is 2.19. The molecule has 0 aliphatic rings. The van der Waals surface area contributed by atoms with E-state index in [0.717, 1.165) is 15.6 Å². The van der Waals surface area contributed by atoms with Crippen LogP contribution in [0, 0.1) is 6.92 Å². The molecule has 2 aromatic rings. The monoisotopic (exact) mass is 322 g/mol. The molecule has 0 bridgehead atoms. The van der Waals surface area contributed by atoms with Crippen LogP contribution < -0.4 is 0 Å². The summed E-state index contributed by atoms with van der Waals surface area (Å²) in [6.07, 6.45) is 0. The Labute approximate surface area is 132 Å². The number of thiazole rings is 1. The molecule has 0 unspecified atom stereocenters. The van der Waals surface area contributed by atoms with Crippen LogP contribution in [-0.2, 0) is 6.54 Å². The molecule has 0 aliphatic carbocycles. The second kappa shape index (κ2) is 7.59. The standard InChI is InChI=1S/C15H18N2O2S2/c1-11-16-13(10-21-11)9-17(2)15(19)12-3-5-14(6-4-12)20-8-7-18/h3-6,10,18H,7-9H2,1-2H3. The highest BCUT2D eigenvalue weighted by atomic mass is 32.2. The molecule has 1 heterocycles. The third-order valence-electron chi connectivity index (χ3n) is 2.87. The normalized spacial score (nSPS) is 10.6. The molecule has 0 aliphatic heterocycles. The number of thioether (sulfide) groups is 1. The number of hydrogen-bond donors (Lipinski definition) is 1. The predicted molar refractivity (Wildman–Crippen MR) is 86.9 cm³/mol. The minimum absolute atomic E-state index is 0.0145. The van der Waals surface area contributed by atoms with E-state index in [1.54, 1.807) is 35.0 Å². The first-order valence-electron chi connectivity index (χ1n) is 6.60. The lowest BCUT2D eigenvalue weighted by molar-refractivity contribution is 0.0783. The fraction of sp³-hybridized carbons (Fsp3) is 0.333. The average molecular weight is 322 g/mol. The van der Waals surface area contributed by atoms with E-state index in [0.29, 0.717) is 17.9 Å². The van der Waals surface area contributed by atoms with E-state index in [-0.39, 0.29) is 12.5 Å². The van der Waals surface area contributed by atoms with Gasteiger partial charge in [-0.1, -0.05) is 0 Å². The second-order valence-corrected chi connectivity index (χ2v) is 6.85. The van der Waals surface area contributed by atoms with E-state index in [1.165, 1.54) is 0 Å². The molecule has 0 atom stereocenters. The molecule has 4 nitrogen and oxygen atoms in total. The van der Waals surface area contributed by atoms with Gasteiger partial charge in [0.15, 0.2) is 0 Å². The molecule has 1 aromatic carbocycles. The number of hydrogen-bond acceptors (Lipinski definition) is 5. The molecule has 112 valence electrons. The molecule has 0 spiro atoms. The van der Waals surface area contributed by atoms with Crippen molar-refractivity contribution in [1.82, 2.24) is 9.88 Å². The van der Waals surface area contributed by atoms with Gasteiger partial charge in [0, 0.05) is 28.6 Å². The predicted octanol–water partition coefficient (Wildman–Crippen LogP) is 2.81. The van der Waals surface area contributed by atoms with Gasteiger partial charge in [0.1, 0.15) is 0 Å². The quantitative estimate of drug-likeness (QED) is 0.831. The van der Waals surface area contributed by atoms with Gasteiger partial charge in [-0.25, -0.2) is 4.98 Å². The van der Waals surface area contributed by atoms with Crippen molar-refractivity contribution in [3.8, 4) is 0 Å². The average Bonchev–Trinajstić information content (AvgIpc) is 2.90. The molecule has 0 fully saturated rings. The minimum Gasteiger partial charge on any atom is -0.396 e. The van der Waals surface area contributed by atoms with Crippen LogP contribution in [0.3, 0.4) is 0 Å². The van der Waals surface area contributed by atoms with E-state index >= 15 is 0 Å². The number of aromatic nitrogens is 1. The Bertz CT molecular complexity index is 596. The fourth-order valence-corrected chi connectivity index (χ4v) is 3.13. The van der Waals surface area contributed by atoms with E-state index in [4.69, 9.17) is 5.11 Å². The van der Waals surface area contributed by atoms with Gasteiger partial charge in [-0.2, -0.15) is 0 Å². The lowest BCUT2D eigenvalue weighted by atomic mass is 10.2. The molecule has 2 rings (SSSR count). The van der Waals surface area contributed by atoms with Crippen molar-refractivity contribution in [2.45, 2.75) is 18.4 Å². The Morgan fingerprint density at radius 1 is 1.38 bits per heavy atom. The fourth-order valence-electron chi connectivity index (χ4n) is 1.87. The molecule has 0 radical (unpaired) electrons. The van der Waals surface area contributed by atoms with Gasteiger partial charge in [-0.05, 0) is 31.2 Å². The second-order valence-electron chi connectivity index (χ2n) is 4.62. The largest absolute Gasteiger partial charge is 0.396 e. The highest BCUT2D eigenvalue weighted by Gasteiger charge is 2.13. The number of amides is 1. The summed E-state index contributed by atoms with van der Waals surface area (Å²) in [5.41, 5.74) is 1.58. The molecule has 0 saturated carbocycles. The van der Waals surface area contributed by atoms with Crippen LogP contribution in [0.2, 0.25) is 0 Å². The molecule has 6 heteroatoms. The zero-order valence-electron chi connectivity index (χ0n) is 12.1. The van der Waals surface area contributed by atoms with Gasteiger partial charge in [0.25, 0.3) is 5.91 Å². The lowest BCUT2D eigenvalue weighted by Crippen LogP contribution is -2.26. The van der Waals surface area contributed by atoms with Crippen LogP contribution in [0.5, 0.6) is 0 Å². The third kappa shape index (κ3) is 4.56. The number of nitrogens with zero attached hydrogens (tertiary/aromatic N) is 2. The van der Waals surface area contributed by atoms with Gasteiger partial charge < -0.3 is 10.0 Å². The first-order chi connectivity index (χ1) is 10.1. The summed E-state index contributed by atoms with van der Waals surface area (Å²) in [6, 6.07) is 7.47. The summed E-state index contributed by atoms with van der Waals surface area (Å²) in [5.74, 6) is 0.649. The topological polar surface area (TPSA) is 53.4 Å². The third-order valence-corrected chi connectivity index (χ3v) is 4.69. The zero-order chi connectivity index (χ0) is 15.2. The van der Waals surface area contributed by atoms with Gasteiger partial charge in [0.2, 0.25) is 0 Å². The van der Waals surface area contributed by atoms with Gasteiger partial charge in [0.05, 0.1) is 23.9 Å². The summed E-state index contributed by atoms with van der Waals surface area (Å²) in [6.45, 7) is 2.63. The Hall–Kier alpha value is -1.37. The van der Waals surface area contributed by atoms with Crippen LogP contribution in [0.4, 0.5) is 0 Å². The van der Waals surface area contributed by atoms with Crippen molar-refractivity contribution in [3.63, 3.8) is 0 Å². The van der Waals surface area contributed by atoms with E-state index in [1.807, 2.05) is 36.6 Å². The van der Waals surface area contributed by atoms with E-state index in [2.05, 4.69) is 4.98 Å². The number of aliphatic hydroxyl groups excluding tert-OH is 1. The number of aliphatic hydroxyl groups is 1. The Balaban J connectivity index is 1.98. The van der Waals surface area contributed by atoms with Crippen molar-refractivity contribution in [2.75, 3.05) is 19.4 Å². The Morgan fingerprint density at radius 3 is 2.67 bits per heavy atom. The van der Waals surface area contributed by atoms with Crippen LogP contribution in [0.15, 0.2) is 34.5 Å². The number of carbonyl (C=O) groups excluding carboxylic acids is 1. The highest BCUT2D eigenvalue weighted by molar-refractivity contribution is 7.99. The molecule has 1 amide bonds. The molecule has 0 saturated heterocycles. The van der Waals surface area contributed by atoms with Crippen LogP contribution >= 0.6 is 23.1 Å². The van der Waals surface area contributed by atoms with Crippen molar-refractivity contribution < 1.29 is 9.90 Å². The number of aryl methyl sites for hydroxylation is 1. The van der Waals surface area contributed by atoms with Gasteiger partial charge in [-0.3, -0.25) is 4.79 Å². The SMILES string of the molecule is Cc1nc(CN(C)C(=O)c2ccc(SCCO)cc2)cs1. The summed E-state index contributed by atoms with van der Waals surface area (Å²) in [5, 5.41) is 11.8. The van der Waals surface area contributed by atoms with Crippen LogP contribution in [0.1, 0.15) is 21.1 Å². The maximum atomic E-state index is 12.3. The van der Waals surface area contributed by atoms with E-state index < -0.39 is 0 Å². The molecule has 21 heavy (non-hydrogen) atoms. The molecule has 1 N–H and O–H groups in total. The smallest absolute Gasteiger partial charge is 0.253 e. The molecule has 1 aromatic heterocycles. The molecular weight excluding hydrogens is 304 g/mol. The summed E-state index contributed by atoms with van der Waals surface area (Å²) < 4.78 is 0. The van der Waals surface area contributed by atoms with Crippen molar-refractivity contribution in [3.05, 3.63) is 45.9 Å². The van der Waals surface area contributed by atoms with Crippen LogP contribution in [0.25, 0.3) is 0 Å². The summed E-state index contributed by atoms with van der Waals surface area (Å²) >= 11 is 3.16. The number of benzene rings is 1. The van der Waals surface area contributed by atoms with E-state index in [9.17, 15) is 4.79 Å². The molecular formula is C15H18N2O2S2. The van der Waals surface area contributed by atoms with Crippen molar-refractivity contribution in [2.24, 2.45) is 0 Å². The number of rotatable bonds is 6. The maximum absolute atomic E-state index is 12.3. The van der Waals surface area contributed by atoms with Crippen molar-refractivity contribution >= 4 is 29.0 Å². The Morgan fingerprint density at radius 2 is 2.10 bits per heavy atom. The number of carbonyl (C=O) groups is 1. The zero-order valence-corrected chi connectivity index (χ0v) is 13.7. The summed E-state index contributed by atoms with van der Waals surface area (Å²) in [7, 11) is 1.78. The maximum Gasteiger partial charge on any atom is 0.253 e. The van der Waals surface area contributed by atoms with Gasteiger partial charge >= 0.3 is 0 Å². The van der Waals surface area contributed by atoms with Crippen LogP contribution in [-0.4, -0.2) is 40.3 Å². The minimum atomic E-state index is -0.0145. The lowest BCUT2D eigenvalue weighted by Gasteiger charge is -2.16.